The molecule has 2 aromatic rings. The SMILES string of the molecule is CC(C)Oc1ccc(C(O)c2cnc(N)s2)cc1. The van der Waals surface area contributed by atoms with Crippen molar-refractivity contribution in [2.45, 2.75) is 26.1 Å². The average molecular weight is 264 g/mol. The minimum atomic E-state index is -0.687. The molecule has 1 aromatic heterocycles. The van der Waals surface area contributed by atoms with Gasteiger partial charge in [-0.2, -0.15) is 0 Å². The van der Waals surface area contributed by atoms with Gasteiger partial charge >= 0.3 is 0 Å². The van der Waals surface area contributed by atoms with E-state index in [1.165, 1.54) is 11.3 Å². The molecule has 0 fully saturated rings. The Morgan fingerprint density at radius 2 is 1.94 bits per heavy atom. The lowest BCUT2D eigenvalue weighted by Crippen LogP contribution is -2.05. The van der Waals surface area contributed by atoms with E-state index >= 15 is 0 Å². The number of aliphatic hydroxyl groups is 1. The fourth-order valence-electron chi connectivity index (χ4n) is 1.59. The zero-order valence-electron chi connectivity index (χ0n) is 10.3. The van der Waals surface area contributed by atoms with Crippen LogP contribution in [0.15, 0.2) is 30.5 Å². The van der Waals surface area contributed by atoms with Crippen molar-refractivity contribution in [3.63, 3.8) is 0 Å². The molecule has 1 atom stereocenters. The van der Waals surface area contributed by atoms with Crippen molar-refractivity contribution in [2.75, 3.05) is 5.73 Å². The molecule has 4 nitrogen and oxygen atoms in total. The molecule has 2 rings (SSSR count). The molecule has 96 valence electrons. The van der Waals surface area contributed by atoms with Gasteiger partial charge < -0.3 is 15.6 Å². The average Bonchev–Trinajstić information content (AvgIpc) is 2.75. The first-order valence-corrected chi connectivity index (χ1v) is 6.54. The molecule has 0 spiro atoms. The van der Waals surface area contributed by atoms with Crippen molar-refractivity contribution in [1.82, 2.24) is 4.98 Å². The Hall–Kier alpha value is -1.59. The number of rotatable bonds is 4. The van der Waals surface area contributed by atoms with Crippen LogP contribution in [-0.2, 0) is 0 Å². The molecule has 0 aliphatic carbocycles. The number of hydrogen-bond donors (Lipinski definition) is 2. The van der Waals surface area contributed by atoms with E-state index in [1.807, 2.05) is 38.1 Å². The molecule has 0 bridgehead atoms. The third kappa shape index (κ3) is 3.00. The van der Waals surface area contributed by atoms with Crippen molar-refractivity contribution >= 4 is 16.5 Å². The molecule has 5 heteroatoms. The Morgan fingerprint density at radius 3 is 2.44 bits per heavy atom. The normalized spacial score (nSPS) is 12.7. The summed E-state index contributed by atoms with van der Waals surface area (Å²) in [4.78, 5) is 4.67. The maximum Gasteiger partial charge on any atom is 0.180 e. The molecule has 0 aliphatic rings. The molecule has 0 amide bonds. The third-order valence-corrected chi connectivity index (χ3v) is 3.26. The summed E-state index contributed by atoms with van der Waals surface area (Å²) >= 11 is 1.29. The Morgan fingerprint density at radius 1 is 1.28 bits per heavy atom. The van der Waals surface area contributed by atoms with Crippen LogP contribution < -0.4 is 10.5 Å². The van der Waals surface area contributed by atoms with E-state index in [1.54, 1.807) is 6.20 Å². The molecule has 18 heavy (non-hydrogen) atoms. The van der Waals surface area contributed by atoms with Crippen molar-refractivity contribution < 1.29 is 9.84 Å². The maximum atomic E-state index is 10.2. The number of nitrogens with two attached hydrogens (primary N) is 1. The van der Waals surface area contributed by atoms with Gasteiger partial charge in [-0.05, 0) is 31.5 Å². The molecule has 0 saturated carbocycles. The molecule has 0 radical (unpaired) electrons. The second-order valence-corrected chi connectivity index (χ2v) is 5.33. The van der Waals surface area contributed by atoms with E-state index in [0.29, 0.717) is 5.13 Å². The molecule has 1 unspecified atom stereocenters. The summed E-state index contributed by atoms with van der Waals surface area (Å²) in [6, 6.07) is 7.39. The van der Waals surface area contributed by atoms with E-state index in [2.05, 4.69) is 4.98 Å². The Labute approximate surface area is 110 Å². The highest BCUT2D eigenvalue weighted by Gasteiger charge is 2.13. The molecule has 0 aliphatic heterocycles. The molecule has 3 N–H and O–H groups in total. The summed E-state index contributed by atoms with van der Waals surface area (Å²) in [7, 11) is 0. The summed E-state index contributed by atoms with van der Waals surface area (Å²) in [5.74, 6) is 0.796. The van der Waals surface area contributed by atoms with E-state index in [0.717, 1.165) is 16.2 Å². The van der Waals surface area contributed by atoms with Gasteiger partial charge in [0.25, 0.3) is 0 Å². The van der Waals surface area contributed by atoms with Crippen molar-refractivity contribution in [3.8, 4) is 5.75 Å². The lowest BCUT2D eigenvalue weighted by atomic mass is 10.1. The monoisotopic (exact) mass is 264 g/mol. The minimum absolute atomic E-state index is 0.141. The fraction of sp³-hybridized carbons (Fsp3) is 0.308. The molecule has 1 aromatic carbocycles. The predicted molar refractivity (Wildman–Crippen MR) is 72.8 cm³/mol. The summed E-state index contributed by atoms with van der Waals surface area (Å²) in [5.41, 5.74) is 6.35. The Bertz CT molecular complexity index is 508. The van der Waals surface area contributed by atoms with Crippen LogP contribution in [0.4, 0.5) is 5.13 Å². The summed E-state index contributed by atoms with van der Waals surface area (Å²) in [6.45, 7) is 3.95. The number of benzene rings is 1. The number of thiazole rings is 1. The van der Waals surface area contributed by atoms with Crippen LogP contribution >= 0.6 is 11.3 Å². The van der Waals surface area contributed by atoms with Crippen LogP contribution in [0, 0.1) is 0 Å². The first-order valence-electron chi connectivity index (χ1n) is 5.72. The van der Waals surface area contributed by atoms with E-state index < -0.39 is 6.10 Å². The van der Waals surface area contributed by atoms with Gasteiger partial charge in [0.2, 0.25) is 0 Å². The van der Waals surface area contributed by atoms with E-state index in [4.69, 9.17) is 10.5 Å². The van der Waals surface area contributed by atoms with Gasteiger partial charge in [-0.1, -0.05) is 23.5 Å². The van der Waals surface area contributed by atoms with Crippen molar-refractivity contribution in [1.29, 1.82) is 0 Å². The van der Waals surface area contributed by atoms with Crippen molar-refractivity contribution in [2.24, 2.45) is 0 Å². The number of nitrogens with zero attached hydrogens (tertiary/aromatic N) is 1. The highest BCUT2D eigenvalue weighted by Crippen LogP contribution is 2.28. The van der Waals surface area contributed by atoms with Gasteiger partial charge in [-0.25, -0.2) is 4.98 Å². The number of aliphatic hydroxyl groups excluding tert-OH is 1. The standard InChI is InChI=1S/C13H16N2O2S/c1-8(2)17-10-5-3-9(4-6-10)12(16)11-7-15-13(14)18-11/h3-8,12,16H,1-2H3,(H2,14,15). The smallest absolute Gasteiger partial charge is 0.180 e. The number of aromatic nitrogens is 1. The Balaban J connectivity index is 2.14. The molecular formula is C13H16N2O2S. The van der Waals surface area contributed by atoms with E-state index in [-0.39, 0.29) is 6.10 Å². The number of anilines is 1. The predicted octanol–water partition coefficient (Wildman–Crippen LogP) is 2.59. The number of nitrogen functional groups attached to an aromatic ring is 1. The zero-order valence-corrected chi connectivity index (χ0v) is 11.1. The highest BCUT2D eigenvalue weighted by molar-refractivity contribution is 7.15. The van der Waals surface area contributed by atoms with Gasteiger partial charge in [0, 0.05) is 6.20 Å². The number of ether oxygens (including phenoxy) is 1. The first kappa shape index (κ1) is 12.9. The van der Waals surface area contributed by atoms with Gasteiger partial charge in [0.05, 0.1) is 11.0 Å². The zero-order chi connectivity index (χ0) is 13.1. The van der Waals surface area contributed by atoms with Gasteiger partial charge in [0.1, 0.15) is 11.9 Å². The Kier molecular flexibility index (Phi) is 3.84. The van der Waals surface area contributed by atoms with Crippen molar-refractivity contribution in [3.05, 3.63) is 40.9 Å². The van der Waals surface area contributed by atoms with Gasteiger partial charge in [-0.3, -0.25) is 0 Å². The second kappa shape index (κ2) is 5.37. The fourth-order valence-corrected chi connectivity index (χ4v) is 2.29. The van der Waals surface area contributed by atoms with E-state index in [9.17, 15) is 5.11 Å². The van der Waals surface area contributed by atoms with Crippen LogP contribution in [-0.4, -0.2) is 16.2 Å². The van der Waals surface area contributed by atoms with Crippen LogP contribution in [0.25, 0.3) is 0 Å². The number of hydrogen-bond acceptors (Lipinski definition) is 5. The van der Waals surface area contributed by atoms with Crippen LogP contribution in [0.5, 0.6) is 5.75 Å². The molecule has 0 saturated heterocycles. The lowest BCUT2D eigenvalue weighted by molar-refractivity contribution is 0.223. The van der Waals surface area contributed by atoms with Crippen LogP contribution in [0.2, 0.25) is 0 Å². The maximum absolute atomic E-state index is 10.2. The summed E-state index contributed by atoms with van der Waals surface area (Å²) in [5, 5.41) is 10.6. The third-order valence-electron chi connectivity index (χ3n) is 2.38. The lowest BCUT2D eigenvalue weighted by Gasteiger charge is -2.12. The summed E-state index contributed by atoms with van der Waals surface area (Å²) in [6.07, 6.45) is 1.05. The quantitative estimate of drug-likeness (QED) is 0.890. The second-order valence-electron chi connectivity index (χ2n) is 4.24. The van der Waals surface area contributed by atoms with Crippen LogP contribution in [0.3, 0.4) is 0 Å². The van der Waals surface area contributed by atoms with Gasteiger partial charge in [0.15, 0.2) is 5.13 Å². The first-order chi connectivity index (χ1) is 8.56. The minimum Gasteiger partial charge on any atom is -0.491 e. The van der Waals surface area contributed by atoms with Crippen LogP contribution in [0.1, 0.15) is 30.4 Å². The van der Waals surface area contributed by atoms with Gasteiger partial charge in [-0.15, -0.1) is 0 Å². The molecular weight excluding hydrogens is 248 g/mol. The highest BCUT2D eigenvalue weighted by atomic mass is 32.1. The topological polar surface area (TPSA) is 68.4 Å². The summed E-state index contributed by atoms with van der Waals surface area (Å²) < 4.78 is 5.55. The molecule has 1 heterocycles. The largest absolute Gasteiger partial charge is 0.491 e.